The minimum absolute atomic E-state index is 0.546. The van der Waals surface area contributed by atoms with Gasteiger partial charge in [0, 0.05) is 38.1 Å². The molecule has 1 aromatic rings. The molecule has 1 N–H and O–H groups in total. The third-order valence-corrected chi connectivity index (χ3v) is 4.45. The Kier molecular flexibility index (Phi) is 5.07. The Labute approximate surface area is 118 Å². The molecule has 0 aliphatic carbocycles. The number of aromatic nitrogens is 2. The minimum atomic E-state index is 0.546. The van der Waals surface area contributed by atoms with Crippen molar-refractivity contribution in [2.75, 3.05) is 25.9 Å². The smallest absolute Gasteiger partial charge is 0.223 e. The standard InChI is InChI=1S/C12H21N5OS/c1-4-10-8-17(5-6-19-10)12(13-3)14-7-11-15-9(2)18-16-11/h10H,4-8H2,1-3H3,(H,13,14). The van der Waals surface area contributed by atoms with Crippen LogP contribution in [0.1, 0.15) is 25.1 Å². The van der Waals surface area contributed by atoms with Gasteiger partial charge in [0.25, 0.3) is 0 Å². The molecule has 106 valence electrons. The highest BCUT2D eigenvalue weighted by atomic mass is 32.2. The van der Waals surface area contributed by atoms with E-state index in [1.165, 1.54) is 6.42 Å². The Morgan fingerprint density at radius 1 is 1.63 bits per heavy atom. The lowest BCUT2D eigenvalue weighted by Crippen LogP contribution is -2.47. The molecule has 1 aliphatic rings. The summed E-state index contributed by atoms with van der Waals surface area (Å²) in [5.41, 5.74) is 0. The number of nitrogens with zero attached hydrogens (tertiary/aromatic N) is 4. The average Bonchev–Trinajstić information content (AvgIpc) is 2.85. The van der Waals surface area contributed by atoms with E-state index in [9.17, 15) is 0 Å². The molecule has 6 nitrogen and oxygen atoms in total. The number of aliphatic imine (C=N–C) groups is 1. The molecule has 0 bridgehead atoms. The fraction of sp³-hybridized carbons (Fsp3) is 0.750. The third kappa shape index (κ3) is 3.86. The Morgan fingerprint density at radius 2 is 2.47 bits per heavy atom. The van der Waals surface area contributed by atoms with Crippen LogP contribution >= 0.6 is 11.8 Å². The van der Waals surface area contributed by atoms with Crippen LogP contribution < -0.4 is 5.32 Å². The normalized spacial score (nSPS) is 20.7. The van der Waals surface area contributed by atoms with Crippen LogP contribution in [-0.2, 0) is 6.54 Å². The number of hydrogen-bond donors (Lipinski definition) is 1. The lowest BCUT2D eigenvalue weighted by atomic mass is 10.3. The van der Waals surface area contributed by atoms with Crippen molar-refractivity contribution in [3.8, 4) is 0 Å². The van der Waals surface area contributed by atoms with E-state index in [-0.39, 0.29) is 0 Å². The van der Waals surface area contributed by atoms with E-state index in [4.69, 9.17) is 4.52 Å². The first-order valence-corrected chi connectivity index (χ1v) is 7.64. The molecule has 1 aliphatic heterocycles. The monoisotopic (exact) mass is 283 g/mol. The second-order valence-corrected chi connectivity index (χ2v) is 5.89. The Hall–Kier alpha value is -1.24. The van der Waals surface area contributed by atoms with Crippen LogP contribution in [0, 0.1) is 6.92 Å². The van der Waals surface area contributed by atoms with Crippen molar-refractivity contribution in [1.82, 2.24) is 20.4 Å². The highest BCUT2D eigenvalue weighted by Gasteiger charge is 2.21. The van der Waals surface area contributed by atoms with Gasteiger partial charge in [-0.05, 0) is 6.42 Å². The minimum Gasteiger partial charge on any atom is -0.349 e. The summed E-state index contributed by atoms with van der Waals surface area (Å²) < 4.78 is 4.95. The first kappa shape index (κ1) is 14.2. The molecule has 1 unspecified atom stereocenters. The topological polar surface area (TPSA) is 66.5 Å². The Morgan fingerprint density at radius 3 is 3.11 bits per heavy atom. The number of thioether (sulfide) groups is 1. The van der Waals surface area contributed by atoms with Crippen molar-refractivity contribution in [2.24, 2.45) is 4.99 Å². The van der Waals surface area contributed by atoms with Gasteiger partial charge in [0.1, 0.15) is 0 Å². The van der Waals surface area contributed by atoms with Crippen molar-refractivity contribution in [3.63, 3.8) is 0 Å². The van der Waals surface area contributed by atoms with Crippen molar-refractivity contribution >= 4 is 17.7 Å². The molecule has 2 heterocycles. The van der Waals surface area contributed by atoms with Gasteiger partial charge < -0.3 is 14.7 Å². The van der Waals surface area contributed by atoms with Gasteiger partial charge in [-0.15, -0.1) is 0 Å². The summed E-state index contributed by atoms with van der Waals surface area (Å²) in [6.45, 7) is 6.65. The third-order valence-electron chi connectivity index (χ3n) is 3.08. The van der Waals surface area contributed by atoms with E-state index < -0.39 is 0 Å². The van der Waals surface area contributed by atoms with Gasteiger partial charge in [-0.3, -0.25) is 4.99 Å². The summed E-state index contributed by atoms with van der Waals surface area (Å²) >= 11 is 2.05. The molecule has 1 saturated heterocycles. The van der Waals surface area contributed by atoms with Gasteiger partial charge in [-0.2, -0.15) is 16.7 Å². The summed E-state index contributed by atoms with van der Waals surface area (Å²) in [6.07, 6.45) is 1.20. The van der Waals surface area contributed by atoms with Crippen LogP contribution in [0.15, 0.2) is 9.52 Å². The number of rotatable bonds is 3. The first-order chi connectivity index (χ1) is 9.22. The van der Waals surface area contributed by atoms with Crippen LogP contribution in [0.3, 0.4) is 0 Å². The second-order valence-electron chi connectivity index (χ2n) is 4.48. The Bertz CT molecular complexity index is 434. The number of guanidine groups is 1. The Balaban J connectivity index is 1.89. The van der Waals surface area contributed by atoms with Crippen LogP contribution in [0.4, 0.5) is 0 Å². The van der Waals surface area contributed by atoms with Gasteiger partial charge in [0.15, 0.2) is 11.8 Å². The molecule has 1 aromatic heterocycles. The summed E-state index contributed by atoms with van der Waals surface area (Å²) in [6, 6.07) is 0. The van der Waals surface area contributed by atoms with Gasteiger partial charge >= 0.3 is 0 Å². The quantitative estimate of drug-likeness (QED) is 0.666. The summed E-state index contributed by atoms with van der Waals surface area (Å²) in [4.78, 5) is 10.8. The van der Waals surface area contributed by atoms with E-state index in [0.717, 1.165) is 24.8 Å². The molecule has 0 radical (unpaired) electrons. The molecular weight excluding hydrogens is 262 g/mol. The predicted octanol–water partition coefficient (Wildman–Crippen LogP) is 1.28. The number of aryl methyl sites for hydroxylation is 1. The summed E-state index contributed by atoms with van der Waals surface area (Å²) in [5.74, 6) is 3.33. The zero-order valence-electron chi connectivity index (χ0n) is 11.7. The molecule has 1 atom stereocenters. The largest absolute Gasteiger partial charge is 0.349 e. The highest BCUT2D eigenvalue weighted by molar-refractivity contribution is 8.00. The van der Waals surface area contributed by atoms with Gasteiger partial charge in [0.2, 0.25) is 5.89 Å². The van der Waals surface area contributed by atoms with Gasteiger partial charge in [-0.25, -0.2) is 0 Å². The molecule has 0 saturated carbocycles. The van der Waals surface area contributed by atoms with Crippen LogP contribution in [0.2, 0.25) is 0 Å². The molecule has 2 rings (SSSR count). The van der Waals surface area contributed by atoms with E-state index in [0.29, 0.717) is 23.5 Å². The van der Waals surface area contributed by atoms with Crippen molar-refractivity contribution in [2.45, 2.75) is 32.1 Å². The predicted molar refractivity (Wildman–Crippen MR) is 77.3 cm³/mol. The van der Waals surface area contributed by atoms with Crippen molar-refractivity contribution in [1.29, 1.82) is 0 Å². The van der Waals surface area contributed by atoms with E-state index in [1.54, 1.807) is 6.92 Å². The number of hydrogen-bond acceptors (Lipinski definition) is 5. The molecule has 19 heavy (non-hydrogen) atoms. The number of nitrogens with one attached hydrogen (secondary N) is 1. The highest BCUT2D eigenvalue weighted by Crippen LogP contribution is 2.20. The van der Waals surface area contributed by atoms with E-state index in [1.807, 2.05) is 18.8 Å². The van der Waals surface area contributed by atoms with Crippen LogP contribution in [-0.4, -0.2) is 52.1 Å². The zero-order valence-corrected chi connectivity index (χ0v) is 12.5. The van der Waals surface area contributed by atoms with Crippen molar-refractivity contribution in [3.05, 3.63) is 11.7 Å². The lowest BCUT2D eigenvalue weighted by molar-refractivity contribution is 0.384. The van der Waals surface area contributed by atoms with E-state index in [2.05, 4.69) is 32.3 Å². The average molecular weight is 283 g/mol. The van der Waals surface area contributed by atoms with E-state index >= 15 is 0 Å². The SMILES string of the molecule is CCC1CN(C(=NC)NCc2noc(C)n2)CCS1. The maximum atomic E-state index is 4.95. The molecule has 7 heteroatoms. The van der Waals surface area contributed by atoms with Crippen LogP contribution in [0.5, 0.6) is 0 Å². The van der Waals surface area contributed by atoms with Crippen LogP contribution in [0.25, 0.3) is 0 Å². The second kappa shape index (κ2) is 6.79. The van der Waals surface area contributed by atoms with Gasteiger partial charge in [-0.1, -0.05) is 12.1 Å². The molecule has 1 fully saturated rings. The van der Waals surface area contributed by atoms with Crippen molar-refractivity contribution < 1.29 is 4.52 Å². The first-order valence-electron chi connectivity index (χ1n) is 6.59. The maximum absolute atomic E-state index is 4.95. The van der Waals surface area contributed by atoms with Gasteiger partial charge in [0.05, 0.1) is 6.54 Å². The fourth-order valence-electron chi connectivity index (χ4n) is 2.06. The zero-order chi connectivity index (χ0) is 13.7. The summed E-state index contributed by atoms with van der Waals surface area (Å²) in [7, 11) is 1.81. The molecule has 0 spiro atoms. The maximum Gasteiger partial charge on any atom is 0.223 e. The molecular formula is C12H21N5OS. The molecule has 0 aromatic carbocycles. The summed E-state index contributed by atoms with van der Waals surface area (Å²) in [5, 5.41) is 7.86. The fourth-order valence-corrected chi connectivity index (χ4v) is 3.24. The lowest BCUT2D eigenvalue weighted by Gasteiger charge is -2.34. The molecule has 0 amide bonds.